The van der Waals surface area contributed by atoms with Gasteiger partial charge in [-0.05, 0) is 48.4 Å². The molecule has 0 saturated carbocycles. The number of ether oxygens (including phenoxy) is 2. The second kappa shape index (κ2) is 8.55. The van der Waals surface area contributed by atoms with E-state index >= 15 is 0 Å². The fourth-order valence-electron chi connectivity index (χ4n) is 2.62. The summed E-state index contributed by atoms with van der Waals surface area (Å²) in [5.74, 6) is -0.0368. The van der Waals surface area contributed by atoms with Crippen molar-refractivity contribution < 1.29 is 14.3 Å². The first-order chi connectivity index (χ1) is 13.5. The highest BCUT2D eigenvalue weighted by Crippen LogP contribution is 2.23. The zero-order valence-corrected chi connectivity index (χ0v) is 16.2. The van der Waals surface area contributed by atoms with Crippen LogP contribution in [0.25, 0.3) is 17.0 Å². The van der Waals surface area contributed by atoms with Gasteiger partial charge in [-0.1, -0.05) is 35.9 Å². The quantitative estimate of drug-likeness (QED) is 0.268. The molecule has 3 rings (SSSR count). The summed E-state index contributed by atoms with van der Waals surface area (Å²) in [5.41, 5.74) is 3.02. The average molecular weight is 393 g/mol. The number of aromatic nitrogens is 1. The van der Waals surface area contributed by atoms with Gasteiger partial charge in [0.05, 0.1) is 12.6 Å². The maximum absolute atomic E-state index is 12.3. The third kappa shape index (κ3) is 4.48. The molecule has 2 aromatic carbocycles. The Labute approximate surface area is 167 Å². The van der Waals surface area contributed by atoms with Crippen LogP contribution in [0.2, 0.25) is 5.15 Å². The molecule has 0 bridgehead atoms. The Kier molecular flexibility index (Phi) is 5.93. The number of hydrogen-bond donors (Lipinski definition) is 0. The van der Waals surface area contributed by atoms with E-state index < -0.39 is 5.97 Å². The smallest absolute Gasteiger partial charge is 0.349 e. The molecule has 6 heteroatoms. The number of benzene rings is 2. The van der Waals surface area contributed by atoms with Crippen molar-refractivity contribution in [1.82, 2.24) is 4.98 Å². The van der Waals surface area contributed by atoms with E-state index in [1.165, 1.54) is 6.08 Å². The molecular weight excluding hydrogens is 376 g/mol. The van der Waals surface area contributed by atoms with Crippen LogP contribution in [0.1, 0.15) is 16.7 Å². The summed E-state index contributed by atoms with van der Waals surface area (Å²) in [5, 5.41) is 10.5. The van der Waals surface area contributed by atoms with Gasteiger partial charge < -0.3 is 9.47 Å². The van der Waals surface area contributed by atoms with E-state index in [9.17, 15) is 10.1 Å². The van der Waals surface area contributed by atoms with E-state index in [4.69, 9.17) is 21.1 Å². The first-order valence-corrected chi connectivity index (χ1v) is 8.86. The molecule has 0 fully saturated rings. The Balaban J connectivity index is 1.75. The molecule has 0 N–H and O–H groups in total. The van der Waals surface area contributed by atoms with Crippen molar-refractivity contribution in [2.24, 2.45) is 0 Å². The summed E-state index contributed by atoms with van der Waals surface area (Å²) in [4.78, 5) is 16.6. The van der Waals surface area contributed by atoms with Gasteiger partial charge in [-0.25, -0.2) is 9.78 Å². The number of nitrogens with zero attached hydrogens (tertiary/aromatic N) is 2. The third-order valence-corrected chi connectivity index (χ3v) is 4.45. The van der Waals surface area contributed by atoms with E-state index in [0.717, 1.165) is 16.5 Å². The largest absolute Gasteiger partial charge is 0.497 e. The number of rotatable bonds is 5. The molecule has 0 unspecified atom stereocenters. The predicted molar refractivity (Wildman–Crippen MR) is 108 cm³/mol. The van der Waals surface area contributed by atoms with Crippen molar-refractivity contribution >= 4 is 34.5 Å². The number of fused-ring (bicyclic) bond motifs is 1. The zero-order valence-electron chi connectivity index (χ0n) is 15.4. The Hall–Kier alpha value is -3.36. The minimum atomic E-state index is -0.724. The number of carbonyl (C=O) groups is 1. The lowest BCUT2D eigenvalue weighted by atomic mass is 10.1. The van der Waals surface area contributed by atoms with Crippen LogP contribution in [0.3, 0.4) is 0 Å². The van der Waals surface area contributed by atoms with Gasteiger partial charge in [-0.15, -0.1) is 0 Å². The molecule has 0 saturated heterocycles. The van der Waals surface area contributed by atoms with E-state index in [0.29, 0.717) is 16.9 Å². The Morgan fingerprint density at radius 1 is 1.21 bits per heavy atom. The summed E-state index contributed by atoms with van der Waals surface area (Å²) < 4.78 is 10.4. The number of hydrogen-bond acceptors (Lipinski definition) is 5. The number of carbonyl (C=O) groups excluding carboxylic acids is 1. The van der Waals surface area contributed by atoms with Gasteiger partial charge in [0, 0.05) is 10.9 Å². The minimum absolute atomic E-state index is 0.0733. The molecule has 0 radical (unpaired) electrons. The standard InChI is InChI=1S/C22H17ClN2O3/c1-14-3-6-16-11-18(21(23)25-20(16)9-14)13-28-22(26)17(12-24)10-15-4-7-19(27-2)8-5-15/h3-11H,13H2,1-2H3/b17-10+. The molecule has 0 aliphatic carbocycles. The van der Waals surface area contributed by atoms with Crippen molar-refractivity contribution in [2.45, 2.75) is 13.5 Å². The van der Waals surface area contributed by atoms with Gasteiger partial charge in [0.2, 0.25) is 0 Å². The maximum atomic E-state index is 12.3. The molecule has 0 atom stereocenters. The van der Waals surface area contributed by atoms with E-state index in [-0.39, 0.29) is 17.3 Å². The van der Waals surface area contributed by atoms with Crippen molar-refractivity contribution in [2.75, 3.05) is 7.11 Å². The fourth-order valence-corrected chi connectivity index (χ4v) is 2.82. The molecule has 0 spiro atoms. The van der Waals surface area contributed by atoms with Crippen LogP contribution in [0, 0.1) is 18.3 Å². The summed E-state index contributed by atoms with van der Waals surface area (Å²) in [6.07, 6.45) is 1.46. The lowest BCUT2D eigenvalue weighted by molar-refractivity contribution is -0.139. The normalized spacial score (nSPS) is 11.1. The van der Waals surface area contributed by atoms with Gasteiger partial charge >= 0.3 is 5.97 Å². The number of halogens is 1. The molecule has 0 aliphatic rings. The molecule has 0 aliphatic heterocycles. The lowest BCUT2D eigenvalue weighted by Gasteiger charge is -2.08. The monoisotopic (exact) mass is 392 g/mol. The zero-order chi connectivity index (χ0) is 20.1. The van der Waals surface area contributed by atoms with E-state index in [2.05, 4.69) is 4.98 Å². The van der Waals surface area contributed by atoms with E-state index in [1.807, 2.05) is 37.3 Å². The first-order valence-electron chi connectivity index (χ1n) is 8.49. The van der Waals surface area contributed by atoms with Crippen LogP contribution >= 0.6 is 11.6 Å². The molecule has 1 heterocycles. The molecule has 28 heavy (non-hydrogen) atoms. The Bertz CT molecular complexity index is 1100. The fraction of sp³-hybridized carbons (Fsp3) is 0.136. The van der Waals surface area contributed by atoms with Crippen molar-refractivity contribution in [1.29, 1.82) is 5.26 Å². The second-order valence-corrected chi connectivity index (χ2v) is 6.51. The lowest BCUT2D eigenvalue weighted by Crippen LogP contribution is -2.07. The van der Waals surface area contributed by atoms with Gasteiger partial charge in [0.25, 0.3) is 0 Å². The Morgan fingerprint density at radius 3 is 2.64 bits per heavy atom. The predicted octanol–water partition coefficient (Wildman–Crippen LogP) is 4.86. The highest BCUT2D eigenvalue weighted by molar-refractivity contribution is 6.30. The third-order valence-electron chi connectivity index (χ3n) is 4.13. The van der Waals surface area contributed by atoms with Crippen molar-refractivity contribution in [3.05, 3.63) is 75.9 Å². The highest BCUT2D eigenvalue weighted by Gasteiger charge is 2.13. The molecular formula is C22H17ClN2O3. The SMILES string of the molecule is COc1ccc(/C=C(\C#N)C(=O)OCc2cc3ccc(C)cc3nc2Cl)cc1. The van der Waals surface area contributed by atoms with Crippen LogP contribution in [-0.4, -0.2) is 18.1 Å². The summed E-state index contributed by atoms with van der Waals surface area (Å²) in [7, 11) is 1.57. The van der Waals surface area contributed by atoms with Gasteiger partial charge in [0.15, 0.2) is 0 Å². The van der Waals surface area contributed by atoms with Crippen LogP contribution < -0.4 is 4.74 Å². The average Bonchev–Trinajstić information content (AvgIpc) is 2.70. The van der Waals surface area contributed by atoms with Crippen LogP contribution in [-0.2, 0) is 16.1 Å². The van der Waals surface area contributed by atoms with Crippen molar-refractivity contribution in [3.63, 3.8) is 0 Å². The molecule has 0 amide bonds. The highest BCUT2D eigenvalue weighted by atomic mass is 35.5. The van der Waals surface area contributed by atoms with Crippen LogP contribution in [0.4, 0.5) is 0 Å². The Morgan fingerprint density at radius 2 is 1.96 bits per heavy atom. The number of nitriles is 1. The second-order valence-electron chi connectivity index (χ2n) is 6.15. The maximum Gasteiger partial charge on any atom is 0.349 e. The van der Waals surface area contributed by atoms with Gasteiger partial charge in [0.1, 0.15) is 29.2 Å². The van der Waals surface area contributed by atoms with Crippen molar-refractivity contribution in [3.8, 4) is 11.8 Å². The van der Waals surface area contributed by atoms with Crippen LogP contribution in [0.15, 0.2) is 54.1 Å². The number of methoxy groups -OCH3 is 1. The molecule has 140 valence electrons. The summed E-state index contributed by atoms with van der Waals surface area (Å²) >= 11 is 6.22. The molecule has 3 aromatic rings. The minimum Gasteiger partial charge on any atom is -0.497 e. The molecule has 5 nitrogen and oxygen atoms in total. The summed E-state index contributed by atoms with van der Waals surface area (Å²) in [6.45, 7) is 1.90. The number of esters is 1. The van der Waals surface area contributed by atoms with E-state index in [1.54, 1.807) is 31.4 Å². The topological polar surface area (TPSA) is 72.2 Å². The molecule has 1 aromatic heterocycles. The van der Waals surface area contributed by atoms with Gasteiger partial charge in [-0.3, -0.25) is 0 Å². The van der Waals surface area contributed by atoms with Gasteiger partial charge in [-0.2, -0.15) is 5.26 Å². The summed E-state index contributed by atoms with van der Waals surface area (Å²) in [6, 6.07) is 16.5. The van der Waals surface area contributed by atoms with Crippen LogP contribution in [0.5, 0.6) is 5.75 Å². The number of pyridine rings is 1. The first kappa shape index (κ1) is 19.4. The number of aryl methyl sites for hydroxylation is 1.